The molecule has 5 heteroatoms. The zero-order valence-corrected chi connectivity index (χ0v) is 10.5. The number of allylic oxidation sites excluding steroid dienone is 4. The van der Waals surface area contributed by atoms with Gasteiger partial charge in [0.2, 0.25) is 5.78 Å². The Kier molecular flexibility index (Phi) is 3.37. The third-order valence-corrected chi connectivity index (χ3v) is 2.75. The van der Waals surface area contributed by atoms with Crippen LogP contribution in [0.3, 0.4) is 0 Å². The molecular formula is C14H12O5. The van der Waals surface area contributed by atoms with E-state index in [1.54, 1.807) is 12.1 Å². The fourth-order valence-electron chi connectivity index (χ4n) is 1.75. The number of ether oxygens (including phenoxy) is 2. The fraction of sp³-hybridized carbons (Fsp3) is 0.143. The van der Waals surface area contributed by atoms with Crippen LogP contribution in [0.15, 0.2) is 36.1 Å². The van der Waals surface area contributed by atoms with E-state index in [9.17, 15) is 14.7 Å². The Balaban J connectivity index is 2.47. The summed E-state index contributed by atoms with van der Waals surface area (Å²) in [6.45, 7) is 0. The summed E-state index contributed by atoms with van der Waals surface area (Å²) in [5.74, 6) is -1.02. The molecule has 0 fully saturated rings. The van der Waals surface area contributed by atoms with Crippen molar-refractivity contribution in [1.29, 1.82) is 0 Å². The van der Waals surface area contributed by atoms with E-state index in [0.29, 0.717) is 11.1 Å². The van der Waals surface area contributed by atoms with Crippen molar-refractivity contribution in [2.24, 2.45) is 0 Å². The predicted octanol–water partition coefficient (Wildman–Crippen LogP) is 1.47. The Morgan fingerprint density at radius 2 is 1.79 bits per heavy atom. The Morgan fingerprint density at radius 3 is 2.42 bits per heavy atom. The second-order valence-electron chi connectivity index (χ2n) is 3.89. The molecule has 0 atom stereocenters. The van der Waals surface area contributed by atoms with Crippen LogP contribution in [0.4, 0.5) is 0 Å². The molecule has 1 N–H and O–H groups in total. The topological polar surface area (TPSA) is 72.8 Å². The monoisotopic (exact) mass is 260 g/mol. The van der Waals surface area contributed by atoms with Crippen LogP contribution in [0, 0.1) is 0 Å². The Labute approximate surface area is 109 Å². The SMILES string of the molecule is COC1=CC(c2ccc(O)c(OC)c2)=CC(=O)C1=O. The van der Waals surface area contributed by atoms with Crippen LogP contribution in [0.2, 0.25) is 0 Å². The molecule has 0 heterocycles. The highest BCUT2D eigenvalue weighted by molar-refractivity contribution is 6.49. The lowest BCUT2D eigenvalue weighted by atomic mass is 9.97. The third kappa shape index (κ3) is 2.35. The van der Waals surface area contributed by atoms with Crippen molar-refractivity contribution in [1.82, 2.24) is 0 Å². The average Bonchev–Trinajstić information content (AvgIpc) is 2.42. The third-order valence-electron chi connectivity index (χ3n) is 2.75. The minimum Gasteiger partial charge on any atom is -0.504 e. The predicted molar refractivity (Wildman–Crippen MR) is 67.7 cm³/mol. The number of phenols is 1. The number of ketones is 2. The minimum atomic E-state index is -0.669. The summed E-state index contributed by atoms with van der Waals surface area (Å²) in [6, 6.07) is 4.65. The summed E-state index contributed by atoms with van der Waals surface area (Å²) in [7, 11) is 2.76. The van der Waals surface area contributed by atoms with Gasteiger partial charge in [0.1, 0.15) is 0 Å². The highest BCUT2D eigenvalue weighted by Crippen LogP contribution is 2.31. The van der Waals surface area contributed by atoms with Gasteiger partial charge in [0.05, 0.1) is 14.2 Å². The number of phenolic OH excluding ortho intramolecular Hbond substituents is 1. The molecule has 0 aliphatic heterocycles. The molecular weight excluding hydrogens is 248 g/mol. The first kappa shape index (κ1) is 12.9. The molecule has 0 aromatic heterocycles. The highest BCUT2D eigenvalue weighted by Gasteiger charge is 2.24. The molecule has 0 unspecified atom stereocenters. The van der Waals surface area contributed by atoms with Crippen molar-refractivity contribution in [3.63, 3.8) is 0 Å². The number of rotatable bonds is 3. The van der Waals surface area contributed by atoms with E-state index >= 15 is 0 Å². The van der Waals surface area contributed by atoms with E-state index in [2.05, 4.69) is 0 Å². The lowest BCUT2D eigenvalue weighted by Gasteiger charge is -2.12. The van der Waals surface area contributed by atoms with Crippen LogP contribution in [0.5, 0.6) is 11.5 Å². The van der Waals surface area contributed by atoms with Gasteiger partial charge >= 0.3 is 0 Å². The van der Waals surface area contributed by atoms with Gasteiger partial charge in [-0.1, -0.05) is 6.07 Å². The van der Waals surface area contributed by atoms with Crippen molar-refractivity contribution in [3.05, 3.63) is 41.7 Å². The molecule has 0 spiro atoms. The van der Waals surface area contributed by atoms with E-state index in [-0.39, 0.29) is 17.3 Å². The van der Waals surface area contributed by atoms with Crippen molar-refractivity contribution < 1.29 is 24.2 Å². The van der Waals surface area contributed by atoms with Gasteiger partial charge < -0.3 is 14.6 Å². The number of hydrogen-bond donors (Lipinski definition) is 1. The number of carbonyl (C=O) groups excluding carboxylic acids is 2. The van der Waals surface area contributed by atoms with Crippen LogP contribution >= 0.6 is 0 Å². The molecule has 0 radical (unpaired) electrons. The summed E-state index contributed by atoms with van der Waals surface area (Å²) in [6.07, 6.45) is 2.71. The molecule has 1 aromatic rings. The van der Waals surface area contributed by atoms with Gasteiger partial charge in [-0.15, -0.1) is 0 Å². The summed E-state index contributed by atoms with van der Waals surface area (Å²) in [5.41, 5.74) is 1.17. The average molecular weight is 260 g/mol. The second kappa shape index (κ2) is 4.97. The van der Waals surface area contributed by atoms with E-state index < -0.39 is 11.6 Å². The van der Waals surface area contributed by atoms with Gasteiger partial charge in [-0.25, -0.2) is 0 Å². The molecule has 0 saturated heterocycles. The van der Waals surface area contributed by atoms with Crippen molar-refractivity contribution >= 4 is 17.1 Å². The lowest BCUT2D eigenvalue weighted by molar-refractivity contribution is -0.133. The van der Waals surface area contributed by atoms with Crippen LogP contribution in [0.25, 0.3) is 5.57 Å². The summed E-state index contributed by atoms with van der Waals surface area (Å²) < 4.78 is 9.87. The molecule has 2 rings (SSSR count). The molecule has 0 amide bonds. The molecule has 98 valence electrons. The van der Waals surface area contributed by atoms with E-state index in [0.717, 1.165) is 0 Å². The molecule has 1 aliphatic rings. The maximum Gasteiger partial charge on any atom is 0.267 e. The standard InChI is InChI=1S/C14H12O5/c1-18-12-6-8(3-4-10(12)15)9-5-11(16)14(17)13(7-9)19-2/h3-7,15H,1-2H3. The first-order chi connectivity index (χ1) is 9.06. The highest BCUT2D eigenvalue weighted by atomic mass is 16.5. The first-order valence-electron chi connectivity index (χ1n) is 5.50. The maximum absolute atomic E-state index is 11.5. The fourth-order valence-corrected chi connectivity index (χ4v) is 1.75. The van der Waals surface area contributed by atoms with Crippen LogP contribution in [-0.4, -0.2) is 30.9 Å². The number of methoxy groups -OCH3 is 2. The molecule has 0 saturated carbocycles. The van der Waals surface area contributed by atoms with E-state index in [1.165, 1.54) is 32.4 Å². The number of aromatic hydroxyl groups is 1. The molecule has 5 nitrogen and oxygen atoms in total. The smallest absolute Gasteiger partial charge is 0.267 e. The van der Waals surface area contributed by atoms with Gasteiger partial charge in [-0.3, -0.25) is 9.59 Å². The number of carbonyl (C=O) groups is 2. The molecule has 0 bridgehead atoms. The Hall–Kier alpha value is -2.56. The van der Waals surface area contributed by atoms with E-state index in [1.807, 2.05) is 0 Å². The van der Waals surface area contributed by atoms with Gasteiger partial charge in [-0.05, 0) is 35.4 Å². The van der Waals surface area contributed by atoms with Gasteiger partial charge in [0.25, 0.3) is 5.78 Å². The number of benzene rings is 1. The van der Waals surface area contributed by atoms with Crippen LogP contribution < -0.4 is 4.74 Å². The van der Waals surface area contributed by atoms with Crippen molar-refractivity contribution in [3.8, 4) is 11.5 Å². The summed E-state index contributed by atoms with van der Waals surface area (Å²) in [4.78, 5) is 23.0. The van der Waals surface area contributed by atoms with Crippen LogP contribution in [-0.2, 0) is 14.3 Å². The minimum absolute atomic E-state index is 0.000932. The zero-order chi connectivity index (χ0) is 14.0. The maximum atomic E-state index is 11.5. The first-order valence-corrected chi connectivity index (χ1v) is 5.50. The van der Waals surface area contributed by atoms with Gasteiger partial charge in [0.15, 0.2) is 17.3 Å². The largest absolute Gasteiger partial charge is 0.504 e. The lowest BCUT2D eigenvalue weighted by Crippen LogP contribution is -2.18. The number of hydrogen-bond acceptors (Lipinski definition) is 5. The quantitative estimate of drug-likeness (QED) is 0.658. The molecule has 1 aromatic carbocycles. The van der Waals surface area contributed by atoms with Crippen molar-refractivity contribution in [2.75, 3.05) is 14.2 Å². The Bertz CT molecular complexity index is 610. The van der Waals surface area contributed by atoms with Gasteiger partial charge in [-0.2, -0.15) is 0 Å². The molecule has 1 aliphatic carbocycles. The number of Topliss-reactive ketones (excluding diaryl/α,β-unsaturated/α-hetero) is 1. The van der Waals surface area contributed by atoms with Gasteiger partial charge in [0, 0.05) is 0 Å². The van der Waals surface area contributed by atoms with Crippen molar-refractivity contribution in [2.45, 2.75) is 0 Å². The second-order valence-corrected chi connectivity index (χ2v) is 3.89. The summed E-state index contributed by atoms with van der Waals surface area (Å²) >= 11 is 0. The van der Waals surface area contributed by atoms with E-state index in [4.69, 9.17) is 9.47 Å². The molecule has 19 heavy (non-hydrogen) atoms. The zero-order valence-electron chi connectivity index (χ0n) is 10.5. The Morgan fingerprint density at radius 1 is 1.05 bits per heavy atom. The van der Waals surface area contributed by atoms with Crippen LogP contribution in [0.1, 0.15) is 5.56 Å². The normalized spacial score (nSPS) is 14.8. The summed E-state index contributed by atoms with van der Waals surface area (Å²) in [5, 5.41) is 9.52.